The summed E-state index contributed by atoms with van der Waals surface area (Å²) >= 11 is 0. The third-order valence-electron chi connectivity index (χ3n) is 4.13. The van der Waals surface area contributed by atoms with Gasteiger partial charge in [0, 0.05) is 18.7 Å². The van der Waals surface area contributed by atoms with E-state index in [1.165, 1.54) is 0 Å². The predicted molar refractivity (Wildman–Crippen MR) is 97.3 cm³/mol. The van der Waals surface area contributed by atoms with Crippen molar-refractivity contribution in [2.75, 3.05) is 13.1 Å². The first-order chi connectivity index (χ1) is 11.6. The highest BCUT2D eigenvalue weighted by Gasteiger charge is 2.28. The SMILES string of the molecule is C[C@@H]1CN(C(=O)/C(=C\c2ccccc2)c2ccccc2)C[C@H](C)O1. The van der Waals surface area contributed by atoms with Gasteiger partial charge in [-0.3, -0.25) is 4.79 Å². The summed E-state index contributed by atoms with van der Waals surface area (Å²) in [4.78, 5) is 15.1. The molecule has 0 bridgehead atoms. The number of carbonyl (C=O) groups excluding carboxylic acids is 1. The zero-order chi connectivity index (χ0) is 16.9. The number of ether oxygens (including phenoxy) is 1. The summed E-state index contributed by atoms with van der Waals surface area (Å²) in [6.07, 6.45) is 2.10. The first-order valence-electron chi connectivity index (χ1n) is 8.40. The Bertz CT molecular complexity index is 699. The van der Waals surface area contributed by atoms with Gasteiger partial charge in [0.25, 0.3) is 5.91 Å². The molecule has 3 nitrogen and oxygen atoms in total. The van der Waals surface area contributed by atoms with Crippen LogP contribution in [0.4, 0.5) is 0 Å². The van der Waals surface area contributed by atoms with Gasteiger partial charge in [0.1, 0.15) is 0 Å². The molecule has 124 valence electrons. The number of carbonyl (C=O) groups is 1. The Balaban J connectivity index is 1.96. The third kappa shape index (κ3) is 3.92. The normalized spacial score (nSPS) is 21.6. The van der Waals surface area contributed by atoms with E-state index < -0.39 is 0 Å². The average Bonchev–Trinajstić information content (AvgIpc) is 2.60. The van der Waals surface area contributed by atoms with Crippen molar-refractivity contribution in [3.63, 3.8) is 0 Å². The number of rotatable bonds is 3. The minimum atomic E-state index is 0.0615. The van der Waals surface area contributed by atoms with Gasteiger partial charge >= 0.3 is 0 Å². The summed E-state index contributed by atoms with van der Waals surface area (Å²) < 4.78 is 5.76. The van der Waals surface area contributed by atoms with Crippen molar-refractivity contribution in [3.8, 4) is 0 Å². The lowest BCUT2D eigenvalue weighted by Gasteiger charge is -2.35. The number of nitrogens with zero attached hydrogens (tertiary/aromatic N) is 1. The minimum Gasteiger partial charge on any atom is -0.372 e. The van der Waals surface area contributed by atoms with Crippen molar-refractivity contribution < 1.29 is 9.53 Å². The molecule has 1 aliphatic heterocycles. The van der Waals surface area contributed by atoms with Crippen LogP contribution in [0.25, 0.3) is 11.6 Å². The van der Waals surface area contributed by atoms with Gasteiger partial charge in [0.2, 0.25) is 0 Å². The first kappa shape index (κ1) is 16.5. The fraction of sp³-hybridized carbons (Fsp3) is 0.286. The molecule has 24 heavy (non-hydrogen) atoms. The topological polar surface area (TPSA) is 29.5 Å². The van der Waals surface area contributed by atoms with Crippen molar-refractivity contribution in [1.82, 2.24) is 4.90 Å². The van der Waals surface area contributed by atoms with E-state index in [1.807, 2.05) is 85.5 Å². The summed E-state index contributed by atoms with van der Waals surface area (Å²) in [5.74, 6) is 0.0621. The summed E-state index contributed by atoms with van der Waals surface area (Å²) in [6.45, 7) is 5.28. The smallest absolute Gasteiger partial charge is 0.254 e. The van der Waals surface area contributed by atoms with Gasteiger partial charge in [0.15, 0.2) is 0 Å². The quantitative estimate of drug-likeness (QED) is 0.634. The number of hydrogen-bond donors (Lipinski definition) is 0. The van der Waals surface area contributed by atoms with Crippen LogP contribution in [0.5, 0.6) is 0 Å². The maximum absolute atomic E-state index is 13.2. The van der Waals surface area contributed by atoms with Gasteiger partial charge in [-0.15, -0.1) is 0 Å². The Kier molecular flexibility index (Phi) is 5.11. The Morgan fingerprint density at radius 2 is 1.50 bits per heavy atom. The Morgan fingerprint density at radius 1 is 0.958 bits per heavy atom. The molecule has 1 saturated heterocycles. The second-order valence-corrected chi connectivity index (χ2v) is 6.30. The van der Waals surface area contributed by atoms with Crippen LogP contribution in [0.2, 0.25) is 0 Å². The minimum absolute atomic E-state index is 0.0615. The first-order valence-corrected chi connectivity index (χ1v) is 8.40. The van der Waals surface area contributed by atoms with Gasteiger partial charge in [-0.1, -0.05) is 60.7 Å². The van der Waals surface area contributed by atoms with Crippen LogP contribution in [0.1, 0.15) is 25.0 Å². The molecule has 0 aliphatic carbocycles. The molecule has 0 saturated carbocycles. The zero-order valence-electron chi connectivity index (χ0n) is 14.2. The molecule has 1 heterocycles. The predicted octanol–water partition coefficient (Wildman–Crippen LogP) is 3.86. The molecular formula is C21H23NO2. The lowest BCUT2D eigenvalue weighted by atomic mass is 10.0. The van der Waals surface area contributed by atoms with Crippen LogP contribution in [-0.2, 0) is 9.53 Å². The third-order valence-corrected chi connectivity index (χ3v) is 4.13. The molecule has 2 atom stereocenters. The Morgan fingerprint density at radius 3 is 2.08 bits per heavy atom. The Labute approximate surface area is 143 Å². The molecule has 1 amide bonds. The summed E-state index contributed by atoms with van der Waals surface area (Å²) in [5.41, 5.74) is 2.69. The Hall–Kier alpha value is -2.39. The van der Waals surface area contributed by atoms with Gasteiger partial charge in [-0.25, -0.2) is 0 Å². The second-order valence-electron chi connectivity index (χ2n) is 6.30. The number of morpholine rings is 1. The molecule has 1 fully saturated rings. The molecule has 2 aromatic rings. The molecule has 3 heteroatoms. The molecule has 0 aromatic heterocycles. The van der Waals surface area contributed by atoms with Crippen LogP contribution in [-0.4, -0.2) is 36.1 Å². The van der Waals surface area contributed by atoms with E-state index in [1.54, 1.807) is 0 Å². The van der Waals surface area contributed by atoms with E-state index in [0.717, 1.165) is 16.7 Å². The second kappa shape index (κ2) is 7.45. The largest absolute Gasteiger partial charge is 0.372 e. The highest BCUT2D eigenvalue weighted by molar-refractivity contribution is 6.24. The van der Waals surface area contributed by atoms with E-state index >= 15 is 0 Å². The van der Waals surface area contributed by atoms with E-state index in [4.69, 9.17) is 4.74 Å². The van der Waals surface area contributed by atoms with E-state index in [9.17, 15) is 4.79 Å². The van der Waals surface area contributed by atoms with Crippen molar-refractivity contribution >= 4 is 17.6 Å². The zero-order valence-corrected chi connectivity index (χ0v) is 14.2. The molecule has 0 spiro atoms. The van der Waals surface area contributed by atoms with Crippen LogP contribution in [0.3, 0.4) is 0 Å². The van der Waals surface area contributed by atoms with Crippen molar-refractivity contribution in [1.29, 1.82) is 0 Å². The highest BCUT2D eigenvalue weighted by Crippen LogP contribution is 2.23. The molecule has 0 radical (unpaired) electrons. The van der Waals surface area contributed by atoms with Crippen LogP contribution >= 0.6 is 0 Å². The maximum Gasteiger partial charge on any atom is 0.254 e. The highest BCUT2D eigenvalue weighted by atomic mass is 16.5. The fourth-order valence-electron chi connectivity index (χ4n) is 3.12. The molecule has 1 aliphatic rings. The summed E-state index contributed by atoms with van der Waals surface area (Å²) in [6, 6.07) is 19.8. The van der Waals surface area contributed by atoms with Crippen LogP contribution in [0.15, 0.2) is 60.7 Å². The van der Waals surface area contributed by atoms with Crippen molar-refractivity contribution in [3.05, 3.63) is 71.8 Å². The van der Waals surface area contributed by atoms with Crippen LogP contribution < -0.4 is 0 Å². The van der Waals surface area contributed by atoms with Crippen LogP contribution in [0, 0.1) is 0 Å². The summed E-state index contributed by atoms with van der Waals surface area (Å²) in [7, 11) is 0. The lowest BCUT2D eigenvalue weighted by Crippen LogP contribution is -2.48. The molecule has 3 rings (SSSR count). The van der Waals surface area contributed by atoms with Crippen molar-refractivity contribution in [2.45, 2.75) is 26.1 Å². The molecule has 0 N–H and O–H groups in total. The van der Waals surface area contributed by atoms with Gasteiger partial charge in [0.05, 0.1) is 12.2 Å². The van der Waals surface area contributed by atoms with Gasteiger partial charge in [-0.05, 0) is 31.1 Å². The molecular weight excluding hydrogens is 298 g/mol. The van der Waals surface area contributed by atoms with Crippen molar-refractivity contribution in [2.24, 2.45) is 0 Å². The monoisotopic (exact) mass is 321 g/mol. The van der Waals surface area contributed by atoms with Gasteiger partial charge < -0.3 is 9.64 Å². The van der Waals surface area contributed by atoms with Gasteiger partial charge in [-0.2, -0.15) is 0 Å². The molecule has 2 aromatic carbocycles. The maximum atomic E-state index is 13.2. The fourth-order valence-corrected chi connectivity index (χ4v) is 3.12. The van der Waals surface area contributed by atoms with E-state index in [-0.39, 0.29) is 18.1 Å². The molecule has 0 unspecified atom stereocenters. The summed E-state index contributed by atoms with van der Waals surface area (Å²) in [5, 5.41) is 0. The lowest BCUT2D eigenvalue weighted by molar-refractivity contribution is -0.136. The van der Waals surface area contributed by atoms with E-state index in [0.29, 0.717) is 13.1 Å². The van der Waals surface area contributed by atoms with E-state index in [2.05, 4.69) is 0 Å². The number of amides is 1. The number of hydrogen-bond acceptors (Lipinski definition) is 2. The number of benzene rings is 2. The average molecular weight is 321 g/mol. The standard InChI is InChI=1S/C21H23NO2/c1-16-14-22(15-17(2)24-16)21(23)20(19-11-7-4-8-12-19)13-18-9-5-3-6-10-18/h3-13,16-17H,14-15H2,1-2H3/b20-13-/t16-,17+.